The van der Waals surface area contributed by atoms with E-state index < -0.39 is 0 Å². The normalized spacial score (nSPS) is 17.4. The van der Waals surface area contributed by atoms with Crippen molar-refractivity contribution in [2.24, 2.45) is 0 Å². The van der Waals surface area contributed by atoms with Gasteiger partial charge in [-0.1, -0.05) is 90.0 Å². The van der Waals surface area contributed by atoms with E-state index >= 15 is 0 Å². The number of allylic oxidation sites excluding steroid dienone is 4. The molecular weight excluding hydrogens is 388 g/mol. The van der Waals surface area contributed by atoms with Crippen LogP contribution in [0.3, 0.4) is 0 Å². The number of hydrogen-bond acceptors (Lipinski definition) is 1. The third-order valence-corrected chi connectivity index (χ3v) is 7.05. The van der Waals surface area contributed by atoms with Crippen LogP contribution in [0.25, 0.3) is 11.1 Å². The molecule has 0 radical (unpaired) electrons. The van der Waals surface area contributed by atoms with Crippen LogP contribution in [0.5, 0.6) is 0 Å². The van der Waals surface area contributed by atoms with Crippen LogP contribution < -0.4 is 0 Å². The summed E-state index contributed by atoms with van der Waals surface area (Å²) in [6.45, 7) is 6.58. The molecule has 1 unspecified atom stereocenters. The van der Waals surface area contributed by atoms with Gasteiger partial charge in [-0.05, 0) is 78.5 Å². The second kappa shape index (κ2) is 9.30. The van der Waals surface area contributed by atoms with E-state index in [1.165, 1.54) is 62.9 Å². The van der Waals surface area contributed by atoms with E-state index in [1.54, 1.807) is 0 Å². The van der Waals surface area contributed by atoms with E-state index in [4.69, 9.17) is 4.74 Å². The molecule has 1 fully saturated rings. The van der Waals surface area contributed by atoms with E-state index in [2.05, 4.69) is 92.7 Å². The first-order chi connectivity index (χ1) is 15.7. The summed E-state index contributed by atoms with van der Waals surface area (Å²) in [6, 6.07) is 26.8. The van der Waals surface area contributed by atoms with Crippen LogP contribution in [0.15, 0.2) is 95.6 Å². The van der Waals surface area contributed by atoms with Gasteiger partial charge in [0.05, 0.1) is 0 Å². The van der Waals surface area contributed by atoms with Crippen molar-refractivity contribution in [3.05, 3.63) is 118 Å². The van der Waals surface area contributed by atoms with Gasteiger partial charge in [0, 0.05) is 19.1 Å². The zero-order chi connectivity index (χ0) is 21.9. The summed E-state index contributed by atoms with van der Waals surface area (Å²) in [5, 5.41) is 0. The lowest BCUT2D eigenvalue weighted by molar-refractivity contribution is 0.198. The zero-order valence-corrected chi connectivity index (χ0v) is 19.2. The summed E-state index contributed by atoms with van der Waals surface area (Å²) < 4.78 is 4.94. The van der Waals surface area contributed by atoms with Crippen molar-refractivity contribution in [1.82, 2.24) is 0 Å². The van der Waals surface area contributed by atoms with Crippen LogP contribution in [0, 0.1) is 0 Å². The van der Waals surface area contributed by atoms with Gasteiger partial charge in [0.15, 0.2) is 0 Å². The highest BCUT2D eigenvalue weighted by Crippen LogP contribution is 2.47. The zero-order valence-electron chi connectivity index (χ0n) is 19.2. The maximum atomic E-state index is 4.94. The van der Waals surface area contributed by atoms with Gasteiger partial charge in [0.1, 0.15) is 0 Å². The quantitative estimate of drug-likeness (QED) is 0.328. The fourth-order valence-electron chi connectivity index (χ4n) is 5.45. The van der Waals surface area contributed by atoms with Gasteiger partial charge in [-0.15, -0.1) is 0 Å². The lowest BCUT2D eigenvalue weighted by atomic mass is 9.78. The molecule has 1 aliphatic heterocycles. The lowest BCUT2D eigenvalue weighted by Crippen LogP contribution is -2.09. The number of hydrogen-bond donors (Lipinski definition) is 0. The van der Waals surface area contributed by atoms with Crippen molar-refractivity contribution >= 4 is 0 Å². The maximum absolute atomic E-state index is 4.94. The van der Waals surface area contributed by atoms with Crippen LogP contribution in [0.1, 0.15) is 61.3 Å². The van der Waals surface area contributed by atoms with Gasteiger partial charge in [0.2, 0.25) is 0 Å². The standard InChI is InChI=1S/C27H24.C4H8O/c1-18-15-16-19(2)26(18)27(20-9-4-3-5-10-20)24-14-8-13-23-22-12-7-6-11-21(22)17-25(23)24;1-2-4-5-3-1/h3-15,27H,16-17H2,1-2H3;1-4H2. The minimum absolute atomic E-state index is 0.314. The summed E-state index contributed by atoms with van der Waals surface area (Å²) in [5.74, 6) is 0.314. The third kappa shape index (κ3) is 3.98. The van der Waals surface area contributed by atoms with Crippen LogP contribution in [0.2, 0.25) is 0 Å². The summed E-state index contributed by atoms with van der Waals surface area (Å²) in [5.41, 5.74) is 13.1. The molecule has 32 heavy (non-hydrogen) atoms. The second-order valence-electron chi connectivity index (χ2n) is 9.16. The Bertz CT molecular complexity index is 1150. The largest absolute Gasteiger partial charge is 0.381 e. The molecule has 1 atom stereocenters. The monoisotopic (exact) mass is 420 g/mol. The highest BCUT2D eigenvalue weighted by atomic mass is 16.5. The molecule has 2 aliphatic carbocycles. The third-order valence-electron chi connectivity index (χ3n) is 7.05. The molecular formula is C31H32O. The van der Waals surface area contributed by atoms with Crippen molar-refractivity contribution in [1.29, 1.82) is 0 Å². The first-order valence-corrected chi connectivity index (χ1v) is 11.9. The molecule has 1 heteroatoms. The SMILES string of the molecule is C1CCOC1.CC1=CCC(C)=C1C(c1ccccc1)c1cccc2c1Cc1ccccc1-2. The average molecular weight is 421 g/mol. The summed E-state index contributed by atoms with van der Waals surface area (Å²) >= 11 is 0. The van der Waals surface area contributed by atoms with Crippen LogP contribution in [-0.4, -0.2) is 13.2 Å². The topological polar surface area (TPSA) is 9.23 Å². The molecule has 162 valence electrons. The van der Waals surface area contributed by atoms with E-state index in [0.717, 1.165) is 26.1 Å². The van der Waals surface area contributed by atoms with Gasteiger partial charge in [0.25, 0.3) is 0 Å². The summed E-state index contributed by atoms with van der Waals surface area (Å²) in [7, 11) is 0. The molecule has 3 aromatic rings. The van der Waals surface area contributed by atoms with Crippen LogP contribution in [-0.2, 0) is 11.2 Å². The molecule has 0 aromatic heterocycles. The molecule has 6 rings (SSSR count). The molecule has 0 N–H and O–H groups in total. The van der Waals surface area contributed by atoms with E-state index in [-0.39, 0.29) is 0 Å². The minimum atomic E-state index is 0.314. The Balaban J connectivity index is 0.000000383. The van der Waals surface area contributed by atoms with E-state index in [1.807, 2.05) is 0 Å². The Hall–Kier alpha value is -2.90. The Morgan fingerprint density at radius 3 is 2.16 bits per heavy atom. The molecule has 3 aromatic carbocycles. The first kappa shape index (κ1) is 21.0. The predicted octanol–water partition coefficient (Wildman–Crippen LogP) is 7.85. The fourth-order valence-corrected chi connectivity index (χ4v) is 5.45. The van der Waals surface area contributed by atoms with Crippen LogP contribution in [0.4, 0.5) is 0 Å². The van der Waals surface area contributed by atoms with E-state index in [0.29, 0.717) is 5.92 Å². The van der Waals surface area contributed by atoms with Crippen molar-refractivity contribution in [2.45, 2.75) is 45.4 Å². The molecule has 1 saturated heterocycles. The smallest absolute Gasteiger partial charge is 0.0466 e. The Morgan fingerprint density at radius 2 is 1.47 bits per heavy atom. The van der Waals surface area contributed by atoms with Crippen molar-refractivity contribution in [3.63, 3.8) is 0 Å². The number of rotatable bonds is 3. The van der Waals surface area contributed by atoms with Gasteiger partial charge in [-0.3, -0.25) is 0 Å². The summed E-state index contributed by atoms with van der Waals surface area (Å²) in [6.07, 6.45) is 7.07. The van der Waals surface area contributed by atoms with Crippen LogP contribution >= 0.6 is 0 Å². The Labute approximate surface area is 192 Å². The predicted molar refractivity (Wildman–Crippen MR) is 134 cm³/mol. The molecule has 0 bridgehead atoms. The minimum Gasteiger partial charge on any atom is -0.381 e. The van der Waals surface area contributed by atoms with Crippen molar-refractivity contribution in [3.8, 4) is 11.1 Å². The molecule has 1 nitrogen and oxygen atoms in total. The Kier molecular flexibility index (Phi) is 6.10. The lowest BCUT2D eigenvalue weighted by Gasteiger charge is -2.25. The number of fused-ring (bicyclic) bond motifs is 3. The number of ether oxygens (including phenoxy) is 1. The maximum Gasteiger partial charge on any atom is 0.0466 e. The van der Waals surface area contributed by atoms with Crippen molar-refractivity contribution in [2.75, 3.05) is 13.2 Å². The average Bonchev–Trinajstić information content (AvgIpc) is 3.58. The molecule has 0 amide bonds. The van der Waals surface area contributed by atoms with Gasteiger partial charge in [-0.25, -0.2) is 0 Å². The Morgan fingerprint density at radius 1 is 0.750 bits per heavy atom. The van der Waals surface area contributed by atoms with E-state index in [9.17, 15) is 0 Å². The molecule has 0 spiro atoms. The molecule has 1 heterocycles. The number of benzene rings is 3. The van der Waals surface area contributed by atoms with Gasteiger partial charge < -0.3 is 4.74 Å². The van der Waals surface area contributed by atoms with Crippen molar-refractivity contribution < 1.29 is 4.74 Å². The fraction of sp³-hybridized carbons (Fsp3) is 0.290. The second-order valence-corrected chi connectivity index (χ2v) is 9.16. The molecule has 0 saturated carbocycles. The molecule has 3 aliphatic rings. The highest BCUT2D eigenvalue weighted by Gasteiger charge is 2.29. The van der Waals surface area contributed by atoms with Gasteiger partial charge in [-0.2, -0.15) is 0 Å². The highest BCUT2D eigenvalue weighted by molar-refractivity contribution is 5.79. The van der Waals surface area contributed by atoms with Gasteiger partial charge >= 0.3 is 0 Å². The first-order valence-electron chi connectivity index (χ1n) is 11.9. The summed E-state index contributed by atoms with van der Waals surface area (Å²) in [4.78, 5) is 0.